The molecule has 0 N–H and O–H groups in total. The van der Waals surface area contributed by atoms with Crippen molar-refractivity contribution in [2.75, 3.05) is 0 Å². The Hall–Kier alpha value is -0.483. The van der Waals surface area contributed by atoms with Gasteiger partial charge in [-0.3, -0.25) is 0 Å². The molecule has 0 aliphatic rings. The smallest absolute Gasteiger partial charge is 0.403 e. The molecule has 0 heterocycles. The van der Waals surface area contributed by atoms with Crippen LogP contribution in [0.15, 0.2) is 33.9 Å². The van der Waals surface area contributed by atoms with Gasteiger partial charge in [-0.05, 0) is 58.4 Å². The van der Waals surface area contributed by atoms with Crippen LogP contribution in [0, 0.1) is 0 Å². The Morgan fingerprint density at radius 2 is 1.50 bits per heavy atom. The van der Waals surface area contributed by atoms with Crippen molar-refractivity contribution in [2.24, 2.45) is 0 Å². The molecule has 1 unspecified atom stereocenters. The predicted molar refractivity (Wildman–Crippen MR) is 95.7 cm³/mol. The van der Waals surface area contributed by atoms with Crippen LogP contribution in [0.3, 0.4) is 0 Å². The number of hydrogen-bond acceptors (Lipinski definition) is 1. The molecule has 0 saturated carbocycles. The van der Waals surface area contributed by atoms with E-state index in [0.29, 0.717) is 18.1 Å². The maximum atomic E-state index is 14.3. The van der Waals surface area contributed by atoms with Crippen molar-refractivity contribution >= 4 is 30.9 Å². The quantitative estimate of drug-likeness (QED) is 0.227. The van der Waals surface area contributed by atoms with Gasteiger partial charge in [0, 0.05) is 0 Å². The second kappa shape index (κ2) is 8.75. The summed E-state index contributed by atoms with van der Waals surface area (Å²) in [5.74, 6) is -1.09. The fourth-order valence-corrected chi connectivity index (χ4v) is 5.48. The highest BCUT2D eigenvalue weighted by atomic mass is 127. The minimum atomic E-state index is -4.48. The van der Waals surface area contributed by atoms with E-state index in [4.69, 9.17) is 4.43 Å². The molecule has 1 aromatic carbocycles. The van der Waals surface area contributed by atoms with Gasteiger partial charge in [0.15, 0.2) is 18.0 Å². The zero-order valence-electron chi connectivity index (χ0n) is 13.7. The lowest BCUT2D eigenvalue weighted by Gasteiger charge is -2.33. The Kier molecular flexibility index (Phi) is 7.86. The number of rotatable bonds is 7. The van der Waals surface area contributed by atoms with Crippen molar-refractivity contribution in [2.45, 2.75) is 51.2 Å². The van der Waals surface area contributed by atoms with E-state index in [-0.39, 0.29) is 5.56 Å². The number of alkyl halides is 3. The average Bonchev–Trinajstić information content (AvgIpc) is 2.55. The first-order valence-corrected chi connectivity index (χ1v) is 11.3. The summed E-state index contributed by atoms with van der Waals surface area (Å²) < 4.78 is 70.7. The van der Waals surface area contributed by atoms with Gasteiger partial charge >= 0.3 is 6.18 Å². The van der Waals surface area contributed by atoms with E-state index in [1.54, 1.807) is 0 Å². The third-order valence-electron chi connectivity index (χ3n) is 4.25. The van der Waals surface area contributed by atoms with E-state index in [9.17, 15) is 22.0 Å². The van der Waals surface area contributed by atoms with Crippen LogP contribution >= 0.6 is 22.6 Å². The summed E-state index contributed by atoms with van der Waals surface area (Å²) in [6, 6.07) is 6.15. The first-order valence-electron chi connectivity index (χ1n) is 7.65. The van der Waals surface area contributed by atoms with Gasteiger partial charge in [-0.2, -0.15) is 17.6 Å². The van der Waals surface area contributed by atoms with Gasteiger partial charge in [-0.1, -0.05) is 32.9 Å². The summed E-state index contributed by atoms with van der Waals surface area (Å²) in [6.45, 7) is 5.81. The second-order valence-corrected chi connectivity index (χ2v) is 11.1. The molecule has 0 aliphatic heterocycles. The molecule has 8 heteroatoms. The summed E-state index contributed by atoms with van der Waals surface area (Å²) in [5, 5.41) is 0. The van der Waals surface area contributed by atoms with Crippen LogP contribution in [0.2, 0.25) is 18.1 Å². The third kappa shape index (κ3) is 5.25. The normalized spacial score (nSPS) is 15.2. The minimum absolute atomic E-state index is 0.180. The van der Waals surface area contributed by atoms with Crippen molar-refractivity contribution in [3.8, 4) is 0 Å². The van der Waals surface area contributed by atoms with Crippen molar-refractivity contribution < 1.29 is 26.4 Å². The fraction of sp³-hybridized carbons (Fsp3) is 0.500. The van der Waals surface area contributed by atoms with E-state index in [0.717, 1.165) is 24.3 Å². The molecular weight excluding hydrogens is 458 g/mol. The van der Waals surface area contributed by atoms with Crippen LogP contribution in [0.5, 0.6) is 0 Å². The second-order valence-electron chi connectivity index (χ2n) is 5.47. The number of benzene rings is 1. The zero-order valence-corrected chi connectivity index (χ0v) is 16.8. The largest absolute Gasteiger partial charge is 0.416 e. The Morgan fingerprint density at radius 3 is 1.83 bits per heavy atom. The summed E-state index contributed by atoms with van der Waals surface area (Å²) >= 11 is 1.21. The molecule has 0 aliphatic carbocycles. The maximum absolute atomic E-state index is 14.3. The van der Waals surface area contributed by atoms with Gasteiger partial charge in [-0.25, -0.2) is 4.39 Å². The molecule has 136 valence electrons. The molecule has 0 aromatic heterocycles. The van der Waals surface area contributed by atoms with Crippen LogP contribution in [0.25, 0.3) is 0 Å². The first-order chi connectivity index (χ1) is 11.1. The van der Waals surface area contributed by atoms with E-state index >= 15 is 0 Å². The van der Waals surface area contributed by atoms with E-state index in [1.807, 2.05) is 20.8 Å². The molecule has 0 amide bonds. The molecule has 0 bridgehead atoms. The van der Waals surface area contributed by atoms with Crippen LogP contribution in [-0.2, 0) is 10.6 Å². The van der Waals surface area contributed by atoms with Gasteiger partial charge in [0.2, 0.25) is 0 Å². The highest BCUT2D eigenvalue weighted by molar-refractivity contribution is 14.1. The Balaban J connectivity index is 3.28. The number of halogens is 6. The summed E-state index contributed by atoms with van der Waals surface area (Å²) in [4.78, 5) is 0. The lowest BCUT2D eigenvalue weighted by atomic mass is 10.1. The van der Waals surface area contributed by atoms with Crippen LogP contribution in [0.4, 0.5) is 22.0 Å². The molecule has 0 fully saturated rings. The van der Waals surface area contributed by atoms with Crippen molar-refractivity contribution in [3.05, 3.63) is 45.1 Å². The van der Waals surface area contributed by atoms with Gasteiger partial charge in [-0.15, -0.1) is 0 Å². The van der Waals surface area contributed by atoms with E-state index in [1.165, 1.54) is 22.6 Å². The maximum Gasteiger partial charge on any atom is 0.416 e. The zero-order chi connectivity index (χ0) is 18.5. The molecule has 1 atom stereocenters. The standard InChI is InChI=1S/C16H20F5IOSi/c1-4-24(5-2,6-3)23-14(13(17)15(18)22)11-7-9-12(10-8-11)16(19,20)21/h7-10,14H,4-6H2,1-3H3/b15-13-. The fourth-order valence-electron chi connectivity index (χ4n) is 2.46. The predicted octanol–water partition coefficient (Wildman–Crippen LogP) is 7.31. The van der Waals surface area contributed by atoms with Gasteiger partial charge < -0.3 is 4.43 Å². The monoisotopic (exact) mass is 478 g/mol. The molecule has 0 spiro atoms. The lowest BCUT2D eigenvalue weighted by molar-refractivity contribution is -0.137. The highest BCUT2D eigenvalue weighted by Gasteiger charge is 2.36. The molecule has 1 aromatic rings. The SMILES string of the molecule is CC[Si](CC)(CC)OC(/C(F)=C(\F)I)c1ccc(C(F)(F)F)cc1. The van der Waals surface area contributed by atoms with Gasteiger partial charge in [0.25, 0.3) is 0 Å². The number of hydrogen-bond donors (Lipinski definition) is 0. The van der Waals surface area contributed by atoms with Crippen molar-refractivity contribution in [1.29, 1.82) is 0 Å². The van der Waals surface area contributed by atoms with Crippen molar-refractivity contribution in [3.63, 3.8) is 0 Å². The summed E-state index contributed by atoms with van der Waals surface area (Å²) in [7, 11) is -2.29. The molecule has 1 rings (SSSR count). The average molecular weight is 478 g/mol. The summed E-state index contributed by atoms with van der Waals surface area (Å²) in [5.41, 5.74) is -0.658. The first kappa shape index (κ1) is 21.6. The molecular formula is C16H20F5IOSi. The third-order valence-corrected chi connectivity index (χ3v) is 9.37. The topological polar surface area (TPSA) is 9.23 Å². The van der Waals surface area contributed by atoms with Crippen LogP contribution in [-0.4, -0.2) is 8.32 Å². The minimum Gasteiger partial charge on any atom is -0.403 e. The molecule has 1 nitrogen and oxygen atoms in total. The Labute approximate surface area is 153 Å². The lowest BCUT2D eigenvalue weighted by Crippen LogP contribution is -2.37. The van der Waals surface area contributed by atoms with Gasteiger partial charge in [0.1, 0.15) is 6.10 Å². The summed E-state index contributed by atoms with van der Waals surface area (Å²) in [6.07, 6.45) is -5.79. The Morgan fingerprint density at radius 1 is 1.04 bits per heavy atom. The van der Waals surface area contributed by atoms with E-state index < -0.39 is 35.8 Å². The Bertz CT molecular complexity index is 555. The van der Waals surface area contributed by atoms with E-state index in [2.05, 4.69) is 0 Å². The van der Waals surface area contributed by atoms with Crippen LogP contribution < -0.4 is 0 Å². The molecule has 0 radical (unpaired) electrons. The molecule has 0 saturated heterocycles. The highest BCUT2D eigenvalue weighted by Crippen LogP contribution is 2.38. The van der Waals surface area contributed by atoms with Gasteiger partial charge in [0.05, 0.1) is 5.56 Å². The molecule has 24 heavy (non-hydrogen) atoms. The van der Waals surface area contributed by atoms with Crippen molar-refractivity contribution in [1.82, 2.24) is 0 Å². The van der Waals surface area contributed by atoms with Crippen LogP contribution in [0.1, 0.15) is 38.0 Å².